The first kappa shape index (κ1) is 11.5. The molecule has 1 amide bonds. The van der Waals surface area contributed by atoms with E-state index >= 15 is 0 Å². The molecule has 0 aliphatic carbocycles. The van der Waals surface area contributed by atoms with Crippen LogP contribution in [0.2, 0.25) is 0 Å². The zero-order valence-corrected chi connectivity index (χ0v) is 9.04. The first-order valence-electron chi connectivity index (χ1n) is 4.17. The van der Waals surface area contributed by atoms with Gasteiger partial charge in [0.1, 0.15) is 0 Å². The van der Waals surface area contributed by atoms with Crippen LogP contribution in [0.4, 0.5) is 5.69 Å². The second-order valence-corrected chi connectivity index (χ2v) is 4.95. The smallest absolute Gasteiger partial charge is 0.247 e. The van der Waals surface area contributed by atoms with Crippen molar-refractivity contribution in [1.29, 1.82) is 0 Å². The van der Waals surface area contributed by atoms with Crippen molar-refractivity contribution in [3.05, 3.63) is 36.9 Å². The van der Waals surface area contributed by atoms with Crippen molar-refractivity contribution in [2.24, 2.45) is 0 Å². The molecule has 1 aromatic carbocycles. The van der Waals surface area contributed by atoms with Gasteiger partial charge in [-0.25, -0.2) is 8.42 Å². The number of para-hydroxylation sites is 1. The van der Waals surface area contributed by atoms with Gasteiger partial charge in [-0.2, -0.15) is 0 Å². The maximum absolute atomic E-state index is 11.3. The predicted molar refractivity (Wildman–Crippen MR) is 58.4 cm³/mol. The second kappa shape index (κ2) is 4.27. The molecule has 0 saturated heterocycles. The molecule has 0 spiro atoms. The summed E-state index contributed by atoms with van der Waals surface area (Å²) in [6.07, 6.45) is 2.17. The Bertz CT molecular complexity index is 491. The quantitative estimate of drug-likeness (QED) is 0.786. The molecule has 0 saturated carbocycles. The lowest BCUT2D eigenvalue weighted by molar-refractivity contribution is -0.111. The first-order chi connectivity index (χ1) is 6.95. The number of carbonyl (C=O) groups is 1. The third kappa shape index (κ3) is 2.92. The first-order valence-corrected chi connectivity index (χ1v) is 6.07. The highest BCUT2D eigenvalue weighted by Gasteiger charge is 2.12. The van der Waals surface area contributed by atoms with E-state index in [0.717, 1.165) is 12.3 Å². The van der Waals surface area contributed by atoms with Crippen LogP contribution < -0.4 is 5.32 Å². The van der Waals surface area contributed by atoms with Gasteiger partial charge < -0.3 is 5.32 Å². The topological polar surface area (TPSA) is 63.2 Å². The summed E-state index contributed by atoms with van der Waals surface area (Å²) >= 11 is 0. The number of hydrogen-bond donors (Lipinski definition) is 1. The Balaban J connectivity index is 3.19. The lowest BCUT2D eigenvalue weighted by Gasteiger charge is -2.07. The van der Waals surface area contributed by atoms with Crippen LogP contribution in [0.25, 0.3) is 0 Å². The highest BCUT2D eigenvalue weighted by molar-refractivity contribution is 7.90. The average Bonchev–Trinajstić information content (AvgIpc) is 2.17. The molecule has 0 fully saturated rings. The molecule has 15 heavy (non-hydrogen) atoms. The van der Waals surface area contributed by atoms with E-state index in [1.807, 2.05) is 0 Å². The highest BCUT2D eigenvalue weighted by Crippen LogP contribution is 2.20. The van der Waals surface area contributed by atoms with Crippen molar-refractivity contribution in [3.63, 3.8) is 0 Å². The van der Waals surface area contributed by atoms with E-state index in [1.165, 1.54) is 12.1 Å². The summed E-state index contributed by atoms with van der Waals surface area (Å²) in [6, 6.07) is 6.21. The van der Waals surface area contributed by atoms with Crippen molar-refractivity contribution in [2.45, 2.75) is 4.90 Å². The largest absolute Gasteiger partial charge is 0.321 e. The van der Waals surface area contributed by atoms with E-state index in [2.05, 4.69) is 11.9 Å². The molecule has 80 valence electrons. The lowest BCUT2D eigenvalue weighted by Crippen LogP contribution is -2.11. The van der Waals surface area contributed by atoms with Crippen LogP contribution in [-0.4, -0.2) is 20.6 Å². The van der Waals surface area contributed by atoms with E-state index in [0.29, 0.717) is 0 Å². The van der Waals surface area contributed by atoms with Gasteiger partial charge in [-0.3, -0.25) is 4.79 Å². The van der Waals surface area contributed by atoms with Crippen LogP contribution in [0.5, 0.6) is 0 Å². The highest BCUT2D eigenvalue weighted by atomic mass is 32.2. The Hall–Kier alpha value is -1.62. The maximum atomic E-state index is 11.3. The van der Waals surface area contributed by atoms with Gasteiger partial charge in [0.05, 0.1) is 10.6 Å². The Morgan fingerprint density at radius 3 is 2.53 bits per heavy atom. The van der Waals surface area contributed by atoms with Gasteiger partial charge in [0.25, 0.3) is 0 Å². The second-order valence-electron chi connectivity index (χ2n) is 2.96. The van der Waals surface area contributed by atoms with Crippen molar-refractivity contribution in [3.8, 4) is 0 Å². The van der Waals surface area contributed by atoms with E-state index in [-0.39, 0.29) is 10.6 Å². The van der Waals surface area contributed by atoms with Crippen LogP contribution in [-0.2, 0) is 14.6 Å². The van der Waals surface area contributed by atoms with Gasteiger partial charge in [-0.05, 0) is 18.2 Å². The standard InChI is InChI=1S/C10H11NO3S/c1-3-10(12)11-8-6-4-5-7-9(8)15(2,13)14/h3-7H,1H2,2H3,(H,11,12). The number of benzene rings is 1. The molecular weight excluding hydrogens is 214 g/mol. The minimum Gasteiger partial charge on any atom is -0.321 e. The zero-order chi connectivity index (χ0) is 11.5. The predicted octanol–water partition coefficient (Wildman–Crippen LogP) is 1.21. The van der Waals surface area contributed by atoms with Gasteiger partial charge >= 0.3 is 0 Å². The molecule has 0 bridgehead atoms. The van der Waals surface area contributed by atoms with Gasteiger partial charge in [-0.15, -0.1) is 0 Å². The Morgan fingerprint density at radius 1 is 1.40 bits per heavy atom. The van der Waals surface area contributed by atoms with Crippen LogP contribution in [0.15, 0.2) is 41.8 Å². The maximum Gasteiger partial charge on any atom is 0.247 e. The zero-order valence-electron chi connectivity index (χ0n) is 8.23. The molecule has 0 aromatic heterocycles. The monoisotopic (exact) mass is 225 g/mol. The van der Waals surface area contributed by atoms with Crippen molar-refractivity contribution in [2.75, 3.05) is 11.6 Å². The summed E-state index contributed by atoms with van der Waals surface area (Å²) in [5.74, 6) is -0.439. The summed E-state index contributed by atoms with van der Waals surface area (Å²) in [5, 5.41) is 2.43. The number of rotatable bonds is 3. The molecule has 0 atom stereocenters. The van der Waals surface area contributed by atoms with Gasteiger partial charge in [-0.1, -0.05) is 18.7 Å². The molecule has 0 heterocycles. The average molecular weight is 225 g/mol. The molecule has 0 aliphatic rings. The summed E-state index contributed by atoms with van der Waals surface area (Å²) < 4.78 is 22.7. The van der Waals surface area contributed by atoms with Crippen LogP contribution in [0.3, 0.4) is 0 Å². The van der Waals surface area contributed by atoms with Crippen molar-refractivity contribution in [1.82, 2.24) is 0 Å². The van der Waals surface area contributed by atoms with E-state index in [4.69, 9.17) is 0 Å². The third-order valence-electron chi connectivity index (χ3n) is 1.73. The summed E-state index contributed by atoms with van der Waals surface area (Å²) in [5.41, 5.74) is 0.268. The van der Waals surface area contributed by atoms with E-state index < -0.39 is 15.7 Å². The van der Waals surface area contributed by atoms with E-state index in [1.54, 1.807) is 12.1 Å². The summed E-state index contributed by atoms with van der Waals surface area (Å²) in [6.45, 7) is 3.29. The molecule has 0 unspecified atom stereocenters. The normalized spacial score (nSPS) is 10.7. The van der Waals surface area contributed by atoms with Gasteiger partial charge in [0.15, 0.2) is 9.84 Å². The molecule has 0 radical (unpaired) electrons. The summed E-state index contributed by atoms with van der Waals surface area (Å²) in [4.78, 5) is 11.1. The molecule has 1 rings (SSSR count). The fourth-order valence-electron chi connectivity index (χ4n) is 1.08. The SMILES string of the molecule is C=CC(=O)Nc1ccccc1S(C)(=O)=O. The molecular formula is C10H11NO3S. The number of anilines is 1. The van der Waals surface area contributed by atoms with Gasteiger partial charge in [0, 0.05) is 6.26 Å². The lowest BCUT2D eigenvalue weighted by atomic mass is 10.3. The molecule has 1 N–H and O–H groups in total. The number of amides is 1. The fourth-order valence-corrected chi connectivity index (χ4v) is 1.92. The minimum atomic E-state index is -3.34. The molecule has 5 heteroatoms. The molecule has 1 aromatic rings. The van der Waals surface area contributed by atoms with Crippen molar-refractivity contribution >= 4 is 21.4 Å². The number of nitrogens with one attached hydrogen (secondary N) is 1. The van der Waals surface area contributed by atoms with Crippen LogP contribution >= 0.6 is 0 Å². The minimum absolute atomic E-state index is 0.0974. The Morgan fingerprint density at radius 2 is 2.00 bits per heavy atom. The molecule has 0 aliphatic heterocycles. The number of sulfone groups is 1. The Kier molecular flexibility index (Phi) is 3.26. The summed E-state index contributed by atoms with van der Waals surface area (Å²) in [7, 11) is -3.34. The Labute approximate surface area is 88.5 Å². The fraction of sp³-hybridized carbons (Fsp3) is 0.100. The third-order valence-corrected chi connectivity index (χ3v) is 2.88. The van der Waals surface area contributed by atoms with Crippen molar-refractivity contribution < 1.29 is 13.2 Å². The molecule has 4 nitrogen and oxygen atoms in total. The number of hydrogen-bond acceptors (Lipinski definition) is 3. The number of carbonyl (C=O) groups excluding carboxylic acids is 1. The van der Waals surface area contributed by atoms with E-state index in [9.17, 15) is 13.2 Å². The van der Waals surface area contributed by atoms with Gasteiger partial charge in [0.2, 0.25) is 5.91 Å². The van der Waals surface area contributed by atoms with Crippen LogP contribution in [0.1, 0.15) is 0 Å². The van der Waals surface area contributed by atoms with Crippen LogP contribution in [0, 0.1) is 0 Å².